The lowest BCUT2D eigenvalue weighted by Gasteiger charge is -2.17. The second-order valence-electron chi connectivity index (χ2n) is 4.14. The number of carbonyl (C=O) groups is 3. The first-order valence-electron chi connectivity index (χ1n) is 5.86. The molecule has 0 saturated heterocycles. The van der Waals surface area contributed by atoms with Crippen LogP contribution in [0, 0.1) is 0 Å². The first kappa shape index (κ1) is 15.3. The molecular formula is C13H11N3O3S2. The summed E-state index contributed by atoms with van der Waals surface area (Å²) in [7, 11) is 0. The Balaban J connectivity index is 2.19. The standard InChI is InChI=1S/C13H11N3O3S2/c17-11(16(13(19)21)15-12(18)20)7-8-3-4-10-9(6-8)2-1-5-14-10/h1-6H,7H2,(H,19,21)(H2,15,18,20). The van der Waals surface area contributed by atoms with Gasteiger partial charge in [-0.2, -0.15) is 5.01 Å². The molecule has 21 heavy (non-hydrogen) atoms. The number of nitrogens with zero attached hydrogens (tertiary/aromatic N) is 2. The summed E-state index contributed by atoms with van der Waals surface area (Å²) >= 11 is 7.00. The van der Waals surface area contributed by atoms with Crippen LogP contribution in [0.2, 0.25) is 0 Å². The fraction of sp³-hybridized carbons (Fsp3) is 0.0769. The fourth-order valence-corrected chi connectivity index (χ4v) is 2.06. The van der Waals surface area contributed by atoms with Gasteiger partial charge in [0, 0.05) is 11.6 Å². The Bertz CT molecular complexity index is 721. The number of thiol groups is 2. The van der Waals surface area contributed by atoms with Gasteiger partial charge >= 0.3 is 5.24 Å². The van der Waals surface area contributed by atoms with Crippen molar-refractivity contribution in [2.24, 2.45) is 0 Å². The number of hydrogen-bond acceptors (Lipinski definition) is 4. The minimum Gasteiger partial charge on any atom is -0.272 e. The molecule has 8 heteroatoms. The number of aromatic nitrogens is 1. The quantitative estimate of drug-likeness (QED) is 0.585. The van der Waals surface area contributed by atoms with Crippen LogP contribution in [0.5, 0.6) is 0 Å². The Hall–Kier alpha value is -2.06. The van der Waals surface area contributed by atoms with Crippen molar-refractivity contribution < 1.29 is 14.4 Å². The number of hydrogen-bond donors (Lipinski definition) is 3. The molecule has 2 rings (SSSR count). The third-order valence-electron chi connectivity index (χ3n) is 2.67. The van der Waals surface area contributed by atoms with E-state index in [1.165, 1.54) is 0 Å². The molecule has 0 saturated carbocycles. The van der Waals surface area contributed by atoms with Crippen LogP contribution < -0.4 is 5.43 Å². The summed E-state index contributed by atoms with van der Waals surface area (Å²) in [4.78, 5) is 38.3. The summed E-state index contributed by atoms with van der Waals surface area (Å²) in [6.07, 6.45) is 1.61. The molecule has 0 radical (unpaired) electrons. The number of imide groups is 1. The molecule has 0 unspecified atom stereocenters. The SMILES string of the molecule is O=C(S)NN(C(=O)S)C(=O)Cc1ccc2ncccc2c1. The van der Waals surface area contributed by atoms with Crippen molar-refractivity contribution in [3.05, 3.63) is 42.1 Å². The molecule has 1 aromatic heterocycles. The van der Waals surface area contributed by atoms with E-state index in [9.17, 15) is 14.4 Å². The summed E-state index contributed by atoms with van der Waals surface area (Å²) in [6.45, 7) is 0. The van der Waals surface area contributed by atoms with Crippen LogP contribution in [0.15, 0.2) is 36.5 Å². The third kappa shape index (κ3) is 3.96. The van der Waals surface area contributed by atoms with Gasteiger partial charge in [0.05, 0.1) is 11.9 Å². The molecule has 1 heterocycles. The average molecular weight is 321 g/mol. The Morgan fingerprint density at radius 1 is 1.19 bits per heavy atom. The van der Waals surface area contributed by atoms with Gasteiger partial charge < -0.3 is 0 Å². The molecule has 108 valence electrons. The van der Waals surface area contributed by atoms with Crippen LogP contribution in [0.1, 0.15) is 5.56 Å². The molecule has 0 fully saturated rings. The lowest BCUT2D eigenvalue weighted by molar-refractivity contribution is -0.128. The predicted molar refractivity (Wildman–Crippen MR) is 84.2 cm³/mol. The number of pyridine rings is 1. The number of carbonyl (C=O) groups excluding carboxylic acids is 3. The lowest BCUT2D eigenvalue weighted by atomic mass is 10.1. The zero-order chi connectivity index (χ0) is 15.4. The molecule has 1 aromatic carbocycles. The van der Waals surface area contributed by atoms with E-state index in [0.29, 0.717) is 10.6 Å². The molecule has 1 N–H and O–H groups in total. The summed E-state index contributed by atoms with van der Waals surface area (Å²) in [5.41, 5.74) is 3.50. The van der Waals surface area contributed by atoms with Crippen molar-refractivity contribution in [1.82, 2.24) is 15.4 Å². The summed E-state index contributed by atoms with van der Waals surface area (Å²) in [5, 5.41) is -0.311. The van der Waals surface area contributed by atoms with E-state index in [1.54, 1.807) is 30.5 Å². The first-order chi connectivity index (χ1) is 9.97. The van der Waals surface area contributed by atoms with Crippen molar-refractivity contribution in [1.29, 1.82) is 0 Å². The smallest absolute Gasteiger partial charge is 0.272 e. The molecule has 0 spiro atoms. The van der Waals surface area contributed by atoms with Gasteiger partial charge in [-0.05, 0) is 23.8 Å². The van der Waals surface area contributed by atoms with Gasteiger partial charge in [0.2, 0.25) is 0 Å². The van der Waals surface area contributed by atoms with Crippen LogP contribution in [0.3, 0.4) is 0 Å². The van der Waals surface area contributed by atoms with Crippen molar-refractivity contribution in [3.63, 3.8) is 0 Å². The molecular weight excluding hydrogens is 310 g/mol. The van der Waals surface area contributed by atoms with Gasteiger partial charge in [-0.1, -0.05) is 37.4 Å². The molecule has 6 nitrogen and oxygen atoms in total. The van der Waals surface area contributed by atoms with E-state index in [2.05, 4.69) is 30.2 Å². The highest BCUT2D eigenvalue weighted by Gasteiger charge is 2.20. The molecule has 0 bridgehead atoms. The van der Waals surface area contributed by atoms with E-state index < -0.39 is 16.4 Å². The zero-order valence-electron chi connectivity index (χ0n) is 10.7. The van der Waals surface area contributed by atoms with Crippen molar-refractivity contribution in [2.75, 3.05) is 0 Å². The normalized spacial score (nSPS) is 10.2. The Labute approximate surface area is 131 Å². The molecule has 2 aromatic rings. The maximum atomic E-state index is 12.0. The maximum absolute atomic E-state index is 12.0. The van der Waals surface area contributed by atoms with E-state index in [0.717, 1.165) is 10.9 Å². The molecule has 3 amide bonds. The minimum atomic E-state index is -0.884. The highest BCUT2D eigenvalue weighted by atomic mass is 32.1. The van der Waals surface area contributed by atoms with Crippen LogP contribution >= 0.6 is 25.3 Å². The zero-order valence-corrected chi connectivity index (χ0v) is 12.5. The molecule has 0 aliphatic rings. The topological polar surface area (TPSA) is 79.4 Å². The lowest BCUT2D eigenvalue weighted by Crippen LogP contribution is -2.46. The highest BCUT2D eigenvalue weighted by Crippen LogP contribution is 2.14. The van der Waals surface area contributed by atoms with Crippen molar-refractivity contribution >= 4 is 52.5 Å². The van der Waals surface area contributed by atoms with Gasteiger partial charge in [-0.15, -0.1) is 0 Å². The fourth-order valence-electron chi connectivity index (χ4n) is 1.80. The summed E-state index contributed by atoms with van der Waals surface area (Å²) in [5.74, 6) is -0.611. The Kier molecular flexibility index (Phi) is 4.81. The van der Waals surface area contributed by atoms with Crippen molar-refractivity contribution in [3.8, 4) is 0 Å². The van der Waals surface area contributed by atoms with Crippen LogP contribution in [0.4, 0.5) is 9.59 Å². The second kappa shape index (κ2) is 6.59. The predicted octanol–water partition coefficient (Wildman–Crippen LogP) is 2.21. The van der Waals surface area contributed by atoms with Gasteiger partial charge in [-0.25, -0.2) is 5.43 Å². The van der Waals surface area contributed by atoms with E-state index >= 15 is 0 Å². The first-order valence-corrected chi connectivity index (χ1v) is 6.76. The Morgan fingerprint density at radius 3 is 2.62 bits per heavy atom. The highest BCUT2D eigenvalue weighted by molar-refractivity contribution is 7.97. The minimum absolute atomic E-state index is 0.0643. The number of hydrazine groups is 1. The van der Waals surface area contributed by atoms with E-state index in [4.69, 9.17) is 0 Å². The van der Waals surface area contributed by atoms with E-state index in [-0.39, 0.29) is 6.42 Å². The molecule has 0 atom stereocenters. The van der Waals surface area contributed by atoms with Crippen LogP contribution in [-0.4, -0.2) is 26.4 Å². The van der Waals surface area contributed by atoms with Gasteiger partial charge in [0.1, 0.15) is 0 Å². The second-order valence-corrected chi connectivity index (χ2v) is 4.92. The average Bonchev–Trinajstić information content (AvgIpc) is 2.44. The van der Waals surface area contributed by atoms with Crippen LogP contribution in [0.25, 0.3) is 10.9 Å². The molecule has 0 aliphatic carbocycles. The number of fused-ring (bicyclic) bond motifs is 1. The molecule has 0 aliphatic heterocycles. The largest absolute Gasteiger partial charge is 0.304 e. The summed E-state index contributed by atoms with van der Waals surface area (Å²) < 4.78 is 0. The van der Waals surface area contributed by atoms with Gasteiger partial charge in [-0.3, -0.25) is 19.4 Å². The number of nitrogens with one attached hydrogen (secondary N) is 1. The van der Waals surface area contributed by atoms with E-state index in [1.807, 2.05) is 11.5 Å². The Morgan fingerprint density at radius 2 is 1.95 bits per heavy atom. The maximum Gasteiger partial charge on any atom is 0.304 e. The number of amides is 3. The van der Waals surface area contributed by atoms with Crippen molar-refractivity contribution in [2.45, 2.75) is 6.42 Å². The van der Waals surface area contributed by atoms with Crippen LogP contribution in [-0.2, 0) is 11.2 Å². The third-order valence-corrected chi connectivity index (χ3v) is 2.97. The number of rotatable bonds is 2. The monoisotopic (exact) mass is 321 g/mol. The van der Waals surface area contributed by atoms with Gasteiger partial charge in [0.25, 0.3) is 11.1 Å². The summed E-state index contributed by atoms with van der Waals surface area (Å²) in [6, 6.07) is 8.97. The number of benzene rings is 1. The van der Waals surface area contributed by atoms with Gasteiger partial charge in [0.15, 0.2) is 0 Å².